The van der Waals surface area contributed by atoms with Gasteiger partial charge in [0.05, 0.1) is 23.3 Å². The Morgan fingerprint density at radius 1 is 1.18 bits per heavy atom. The van der Waals surface area contributed by atoms with E-state index in [1.165, 1.54) is 29.3 Å². The number of anilines is 1. The second-order valence-corrected chi connectivity index (χ2v) is 12.1. The second-order valence-electron chi connectivity index (χ2n) is 10.1. The summed E-state index contributed by atoms with van der Waals surface area (Å²) in [5.74, 6) is 0.0489. The normalized spacial score (nSPS) is 11.2. The number of nitrogens with one attached hydrogen (secondary N) is 1. The first-order valence-corrected chi connectivity index (χ1v) is 14.3. The Hall–Kier alpha value is -3.64. The number of benzene rings is 1. The van der Waals surface area contributed by atoms with E-state index >= 15 is 0 Å². The number of carbonyl (C=O) groups is 3. The standard InChI is InChI=1S/C28H35N5O5S2/c1-9-14-33-20(15-38-19-12-10-18(11-13-19)28(3,4)5)30-31-27(33)39-16-21(34)29-24-22(26(36)37-8)17(2)23(40-24)25(35)32(6)7/h9-13H,1,14-16H2,2-8H3,(H,29,34). The zero-order valence-corrected chi connectivity index (χ0v) is 25.5. The minimum Gasteiger partial charge on any atom is -0.486 e. The molecular formula is C28H35N5O5S2. The van der Waals surface area contributed by atoms with Gasteiger partial charge in [0, 0.05) is 20.6 Å². The smallest absolute Gasteiger partial charge is 0.341 e. The topological polar surface area (TPSA) is 116 Å². The van der Waals surface area contributed by atoms with Crippen LogP contribution in [0, 0.1) is 6.92 Å². The molecule has 40 heavy (non-hydrogen) atoms. The molecule has 3 rings (SSSR count). The number of amides is 2. The van der Waals surface area contributed by atoms with Crippen LogP contribution in [0.15, 0.2) is 42.1 Å². The highest BCUT2D eigenvalue weighted by atomic mass is 32.2. The quantitative estimate of drug-likeness (QED) is 0.191. The van der Waals surface area contributed by atoms with Gasteiger partial charge in [-0.1, -0.05) is 50.7 Å². The molecule has 2 aromatic heterocycles. The zero-order valence-electron chi connectivity index (χ0n) is 23.9. The van der Waals surface area contributed by atoms with Gasteiger partial charge < -0.3 is 19.7 Å². The SMILES string of the molecule is C=CCn1c(COc2ccc(C(C)(C)C)cc2)nnc1SCC(=O)Nc1sc(C(=O)N(C)C)c(C)c1C(=O)OC. The van der Waals surface area contributed by atoms with Gasteiger partial charge in [-0.3, -0.25) is 14.2 Å². The highest BCUT2D eigenvalue weighted by Gasteiger charge is 2.27. The van der Waals surface area contributed by atoms with Crippen molar-refractivity contribution < 1.29 is 23.9 Å². The molecule has 2 heterocycles. The molecule has 0 atom stereocenters. The van der Waals surface area contributed by atoms with Crippen LogP contribution in [-0.2, 0) is 28.1 Å². The van der Waals surface area contributed by atoms with Crippen molar-refractivity contribution in [1.82, 2.24) is 19.7 Å². The Morgan fingerprint density at radius 3 is 2.42 bits per heavy atom. The lowest BCUT2D eigenvalue weighted by Crippen LogP contribution is -2.21. The van der Waals surface area contributed by atoms with Crippen molar-refractivity contribution in [1.29, 1.82) is 0 Å². The Morgan fingerprint density at radius 2 is 1.85 bits per heavy atom. The fourth-order valence-corrected chi connectivity index (χ4v) is 5.69. The molecule has 0 spiro atoms. The van der Waals surface area contributed by atoms with Crippen molar-refractivity contribution >= 4 is 45.9 Å². The lowest BCUT2D eigenvalue weighted by molar-refractivity contribution is -0.113. The third kappa shape index (κ3) is 7.30. The number of methoxy groups -OCH3 is 1. The van der Waals surface area contributed by atoms with E-state index in [9.17, 15) is 14.4 Å². The van der Waals surface area contributed by atoms with E-state index in [0.717, 1.165) is 17.1 Å². The minimum atomic E-state index is -0.627. The molecule has 3 aromatic rings. The monoisotopic (exact) mass is 585 g/mol. The number of allylic oxidation sites excluding steroid dienone is 1. The number of thiophene rings is 1. The summed E-state index contributed by atoms with van der Waals surface area (Å²) in [5.41, 5.74) is 1.89. The van der Waals surface area contributed by atoms with E-state index < -0.39 is 5.97 Å². The van der Waals surface area contributed by atoms with Gasteiger partial charge in [0.25, 0.3) is 5.91 Å². The summed E-state index contributed by atoms with van der Waals surface area (Å²) in [4.78, 5) is 39.6. The van der Waals surface area contributed by atoms with E-state index in [-0.39, 0.29) is 40.2 Å². The number of rotatable bonds is 11. The first kappa shape index (κ1) is 30.9. The molecule has 0 radical (unpaired) electrons. The number of ether oxygens (including phenoxy) is 2. The summed E-state index contributed by atoms with van der Waals surface area (Å²) in [6.45, 7) is 12.6. The Balaban J connectivity index is 1.70. The summed E-state index contributed by atoms with van der Waals surface area (Å²) in [6.07, 6.45) is 1.72. The summed E-state index contributed by atoms with van der Waals surface area (Å²) in [5, 5.41) is 12.0. The maximum absolute atomic E-state index is 12.9. The van der Waals surface area contributed by atoms with Gasteiger partial charge in [-0.15, -0.1) is 28.1 Å². The molecule has 0 aliphatic carbocycles. The van der Waals surface area contributed by atoms with Crippen LogP contribution in [0.2, 0.25) is 0 Å². The maximum atomic E-state index is 12.9. The molecule has 1 N–H and O–H groups in total. The van der Waals surface area contributed by atoms with E-state index in [4.69, 9.17) is 9.47 Å². The van der Waals surface area contributed by atoms with Gasteiger partial charge in [-0.05, 0) is 35.6 Å². The fraction of sp³-hybridized carbons (Fsp3) is 0.393. The largest absolute Gasteiger partial charge is 0.486 e. The van der Waals surface area contributed by atoms with E-state index in [2.05, 4.69) is 42.9 Å². The molecule has 0 bridgehead atoms. The predicted molar refractivity (Wildman–Crippen MR) is 157 cm³/mol. The average molecular weight is 586 g/mol. The zero-order chi connectivity index (χ0) is 29.6. The van der Waals surface area contributed by atoms with Crippen LogP contribution >= 0.6 is 23.1 Å². The molecule has 0 saturated carbocycles. The van der Waals surface area contributed by atoms with Crippen LogP contribution in [0.1, 0.15) is 57.8 Å². The molecule has 2 amide bonds. The minimum absolute atomic E-state index is 0.00107. The lowest BCUT2D eigenvalue weighted by atomic mass is 9.87. The summed E-state index contributed by atoms with van der Waals surface area (Å²) < 4.78 is 12.7. The van der Waals surface area contributed by atoms with Gasteiger partial charge in [0.1, 0.15) is 17.4 Å². The predicted octanol–water partition coefficient (Wildman–Crippen LogP) is 4.93. The van der Waals surface area contributed by atoms with Gasteiger partial charge in [-0.2, -0.15) is 0 Å². The fourth-order valence-electron chi connectivity index (χ4n) is 3.69. The van der Waals surface area contributed by atoms with Crippen molar-refractivity contribution in [2.45, 2.75) is 51.4 Å². The van der Waals surface area contributed by atoms with Gasteiger partial charge in [0.15, 0.2) is 11.0 Å². The Bertz CT molecular complexity index is 1390. The number of nitrogens with zero attached hydrogens (tertiary/aromatic N) is 4. The number of carbonyl (C=O) groups excluding carboxylic acids is 3. The first-order valence-electron chi connectivity index (χ1n) is 12.5. The average Bonchev–Trinajstić information content (AvgIpc) is 3.44. The third-order valence-corrected chi connectivity index (χ3v) is 8.08. The molecule has 214 valence electrons. The van der Waals surface area contributed by atoms with E-state index in [1.807, 2.05) is 28.8 Å². The molecule has 0 saturated heterocycles. The van der Waals surface area contributed by atoms with Crippen molar-refractivity contribution in [3.05, 3.63) is 64.3 Å². The van der Waals surface area contributed by atoms with Crippen molar-refractivity contribution in [2.24, 2.45) is 0 Å². The first-order chi connectivity index (χ1) is 18.9. The molecule has 0 unspecified atom stereocenters. The van der Waals surface area contributed by atoms with Crippen molar-refractivity contribution in [3.8, 4) is 5.75 Å². The second kappa shape index (κ2) is 13.1. The van der Waals surface area contributed by atoms with Crippen LogP contribution in [0.4, 0.5) is 5.00 Å². The molecule has 10 nitrogen and oxygen atoms in total. The van der Waals surface area contributed by atoms with Gasteiger partial charge in [0.2, 0.25) is 5.91 Å². The molecule has 1 aromatic carbocycles. The van der Waals surface area contributed by atoms with Gasteiger partial charge in [-0.25, -0.2) is 4.79 Å². The molecule has 0 fully saturated rings. The molecular weight excluding hydrogens is 550 g/mol. The Kier molecular flexibility index (Phi) is 10.2. The van der Waals surface area contributed by atoms with Crippen LogP contribution in [0.5, 0.6) is 5.75 Å². The van der Waals surface area contributed by atoms with E-state index in [1.54, 1.807) is 27.1 Å². The molecule has 0 aliphatic rings. The van der Waals surface area contributed by atoms with Crippen molar-refractivity contribution in [2.75, 3.05) is 32.3 Å². The lowest BCUT2D eigenvalue weighted by Gasteiger charge is -2.19. The van der Waals surface area contributed by atoms with Gasteiger partial charge >= 0.3 is 5.97 Å². The number of hydrogen-bond donors (Lipinski definition) is 1. The summed E-state index contributed by atoms with van der Waals surface area (Å²) in [7, 11) is 4.49. The molecule has 0 aliphatic heterocycles. The van der Waals surface area contributed by atoms with Crippen molar-refractivity contribution in [3.63, 3.8) is 0 Å². The Labute approximate surface area is 242 Å². The maximum Gasteiger partial charge on any atom is 0.341 e. The summed E-state index contributed by atoms with van der Waals surface area (Å²) >= 11 is 2.23. The summed E-state index contributed by atoms with van der Waals surface area (Å²) in [6, 6.07) is 7.95. The number of thioether (sulfide) groups is 1. The van der Waals surface area contributed by atoms with Crippen LogP contribution < -0.4 is 10.1 Å². The van der Waals surface area contributed by atoms with Crippen LogP contribution in [0.3, 0.4) is 0 Å². The number of esters is 1. The van der Waals surface area contributed by atoms with E-state index in [0.29, 0.717) is 28.0 Å². The molecule has 12 heteroatoms. The number of aromatic nitrogens is 3. The highest BCUT2D eigenvalue weighted by molar-refractivity contribution is 7.99. The highest BCUT2D eigenvalue weighted by Crippen LogP contribution is 2.34. The third-order valence-electron chi connectivity index (χ3n) is 5.92. The van der Waals surface area contributed by atoms with Crippen LogP contribution in [-0.4, -0.2) is 64.4 Å². The van der Waals surface area contributed by atoms with Crippen LogP contribution in [0.25, 0.3) is 0 Å². The number of hydrogen-bond acceptors (Lipinski definition) is 9.